The van der Waals surface area contributed by atoms with Gasteiger partial charge in [-0.05, 0) is 17.5 Å². The molecule has 2 nitrogen and oxygen atoms in total. The molecule has 2 aromatic rings. The van der Waals surface area contributed by atoms with Crippen LogP contribution in [0.2, 0.25) is 0 Å². The van der Waals surface area contributed by atoms with Crippen LogP contribution in [-0.4, -0.2) is 12.6 Å². The molecule has 0 radical (unpaired) electrons. The molecule has 2 unspecified atom stereocenters. The minimum absolute atomic E-state index is 0.0906. The second-order valence-corrected chi connectivity index (χ2v) is 4.97. The van der Waals surface area contributed by atoms with Crippen LogP contribution in [0.5, 0.6) is 0 Å². The lowest BCUT2D eigenvalue weighted by molar-refractivity contribution is -0.139. The van der Waals surface area contributed by atoms with Crippen molar-refractivity contribution < 1.29 is 9.53 Å². The maximum absolute atomic E-state index is 12.0. The summed E-state index contributed by atoms with van der Waals surface area (Å²) >= 11 is 0. The summed E-state index contributed by atoms with van der Waals surface area (Å²) in [4.78, 5) is 12.0. The van der Waals surface area contributed by atoms with Crippen LogP contribution in [0.3, 0.4) is 0 Å². The number of esters is 1. The highest BCUT2D eigenvalue weighted by Crippen LogP contribution is 2.34. The van der Waals surface area contributed by atoms with Crippen molar-refractivity contribution in [1.82, 2.24) is 0 Å². The fraction of sp³-hybridized carbons (Fsp3) is 0.235. The third-order valence-corrected chi connectivity index (χ3v) is 3.66. The van der Waals surface area contributed by atoms with Crippen molar-refractivity contribution in [3.8, 4) is 0 Å². The van der Waals surface area contributed by atoms with E-state index >= 15 is 0 Å². The molecule has 1 saturated heterocycles. The molecule has 1 heterocycles. The Kier molecular flexibility index (Phi) is 3.32. The van der Waals surface area contributed by atoms with Crippen LogP contribution < -0.4 is 0 Å². The molecule has 0 aromatic heterocycles. The highest BCUT2D eigenvalue weighted by Gasteiger charge is 2.37. The predicted octanol–water partition coefficient (Wildman–Crippen LogP) is 3.19. The molecule has 0 amide bonds. The van der Waals surface area contributed by atoms with E-state index in [0.717, 1.165) is 12.0 Å². The largest absolute Gasteiger partial charge is 0.465 e. The molecule has 2 aromatic carbocycles. The zero-order valence-corrected chi connectivity index (χ0v) is 10.7. The molecule has 3 rings (SSSR count). The molecule has 2 heteroatoms. The average Bonchev–Trinajstić information content (AvgIpc) is 2.82. The van der Waals surface area contributed by atoms with Crippen molar-refractivity contribution >= 4 is 5.97 Å². The van der Waals surface area contributed by atoms with Crippen LogP contribution in [0.1, 0.15) is 17.0 Å². The molecule has 1 aliphatic rings. The van der Waals surface area contributed by atoms with Crippen LogP contribution in [-0.2, 0) is 16.0 Å². The van der Waals surface area contributed by atoms with Crippen molar-refractivity contribution in [2.24, 2.45) is 5.92 Å². The smallest absolute Gasteiger partial charge is 0.313 e. The van der Waals surface area contributed by atoms with Gasteiger partial charge in [0.2, 0.25) is 0 Å². The van der Waals surface area contributed by atoms with Gasteiger partial charge in [0.15, 0.2) is 0 Å². The first-order chi connectivity index (χ1) is 9.34. The number of hydrogen-bond donors (Lipinski definition) is 0. The van der Waals surface area contributed by atoms with Gasteiger partial charge in [-0.15, -0.1) is 0 Å². The van der Waals surface area contributed by atoms with Gasteiger partial charge in [-0.1, -0.05) is 60.7 Å². The fourth-order valence-electron chi connectivity index (χ4n) is 2.73. The minimum atomic E-state index is -0.124. The van der Waals surface area contributed by atoms with Gasteiger partial charge in [0.1, 0.15) is 0 Å². The van der Waals surface area contributed by atoms with E-state index in [1.165, 1.54) is 5.56 Å². The molecule has 0 bridgehead atoms. The molecular formula is C17H16O2. The molecule has 96 valence electrons. The number of carbonyl (C=O) groups excluding carboxylic acids is 1. The van der Waals surface area contributed by atoms with Crippen molar-refractivity contribution in [3.05, 3.63) is 71.8 Å². The number of cyclic esters (lactones) is 1. The van der Waals surface area contributed by atoms with E-state index in [0.29, 0.717) is 6.61 Å². The molecule has 1 aliphatic heterocycles. The summed E-state index contributed by atoms with van der Waals surface area (Å²) in [5.74, 6) is 0.0193. The minimum Gasteiger partial charge on any atom is -0.465 e. The standard InChI is InChI=1S/C17H16O2/c18-17-16(14-9-5-2-6-10-14)15(12-19-17)11-13-7-3-1-4-8-13/h1-10,15-16H,11-12H2. The normalized spacial score (nSPS) is 22.2. The van der Waals surface area contributed by atoms with Gasteiger partial charge in [0.25, 0.3) is 0 Å². The monoisotopic (exact) mass is 252 g/mol. The van der Waals surface area contributed by atoms with Crippen molar-refractivity contribution in [2.45, 2.75) is 12.3 Å². The number of hydrogen-bond acceptors (Lipinski definition) is 2. The summed E-state index contributed by atoms with van der Waals surface area (Å²) in [6, 6.07) is 20.2. The Morgan fingerprint density at radius 2 is 1.58 bits per heavy atom. The van der Waals surface area contributed by atoms with Crippen LogP contribution in [0.25, 0.3) is 0 Å². The van der Waals surface area contributed by atoms with Crippen LogP contribution in [0.15, 0.2) is 60.7 Å². The quantitative estimate of drug-likeness (QED) is 0.784. The first-order valence-electron chi connectivity index (χ1n) is 6.60. The molecule has 0 aliphatic carbocycles. The third kappa shape index (κ3) is 2.53. The van der Waals surface area contributed by atoms with E-state index < -0.39 is 0 Å². The zero-order valence-electron chi connectivity index (χ0n) is 10.7. The van der Waals surface area contributed by atoms with Gasteiger partial charge < -0.3 is 4.74 Å². The van der Waals surface area contributed by atoms with E-state index in [4.69, 9.17) is 4.74 Å². The second-order valence-electron chi connectivity index (χ2n) is 4.97. The zero-order chi connectivity index (χ0) is 13.1. The van der Waals surface area contributed by atoms with Gasteiger partial charge in [0.05, 0.1) is 12.5 Å². The van der Waals surface area contributed by atoms with Crippen LogP contribution in [0.4, 0.5) is 0 Å². The highest BCUT2D eigenvalue weighted by molar-refractivity contribution is 5.80. The lowest BCUT2D eigenvalue weighted by Gasteiger charge is -2.15. The Hall–Kier alpha value is -2.09. The number of rotatable bonds is 3. The Bertz CT molecular complexity index is 548. The van der Waals surface area contributed by atoms with Gasteiger partial charge in [0, 0.05) is 5.92 Å². The van der Waals surface area contributed by atoms with Crippen LogP contribution in [0, 0.1) is 5.92 Å². The van der Waals surface area contributed by atoms with Crippen molar-refractivity contribution in [3.63, 3.8) is 0 Å². The Labute approximate surface area is 113 Å². The SMILES string of the molecule is O=C1OCC(Cc2ccccc2)C1c1ccccc1. The van der Waals surface area contributed by atoms with Crippen LogP contribution >= 0.6 is 0 Å². The maximum atomic E-state index is 12.0. The molecule has 0 saturated carbocycles. The summed E-state index contributed by atoms with van der Waals surface area (Å²) in [6.07, 6.45) is 0.881. The van der Waals surface area contributed by atoms with E-state index in [9.17, 15) is 4.79 Å². The molecule has 19 heavy (non-hydrogen) atoms. The fourth-order valence-corrected chi connectivity index (χ4v) is 2.73. The number of carbonyl (C=O) groups is 1. The van der Waals surface area contributed by atoms with Gasteiger partial charge >= 0.3 is 5.97 Å². The molecule has 1 fully saturated rings. The van der Waals surface area contributed by atoms with E-state index in [2.05, 4.69) is 12.1 Å². The van der Waals surface area contributed by atoms with E-state index in [1.54, 1.807) is 0 Å². The summed E-state index contributed by atoms with van der Waals surface area (Å²) in [5.41, 5.74) is 2.32. The lowest BCUT2D eigenvalue weighted by atomic mass is 9.84. The van der Waals surface area contributed by atoms with E-state index in [1.807, 2.05) is 48.5 Å². The summed E-state index contributed by atoms with van der Waals surface area (Å²) in [5, 5.41) is 0. The lowest BCUT2D eigenvalue weighted by Crippen LogP contribution is -2.16. The summed E-state index contributed by atoms with van der Waals surface area (Å²) in [7, 11) is 0. The molecule has 0 N–H and O–H groups in total. The third-order valence-electron chi connectivity index (χ3n) is 3.66. The predicted molar refractivity (Wildman–Crippen MR) is 73.8 cm³/mol. The van der Waals surface area contributed by atoms with Gasteiger partial charge in [-0.3, -0.25) is 4.79 Å². The number of benzene rings is 2. The average molecular weight is 252 g/mol. The molecule has 2 atom stereocenters. The van der Waals surface area contributed by atoms with Gasteiger partial charge in [-0.2, -0.15) is 0 Å². The second kappa shape index (κ2) is 5.27. The summed E-state index contributed by atoms with van der Waals surface area (Å²) in [6.45, 7) is 0.521. The first-order valence-corrected chi connectivity index (χ1v) is 6.60. The van der Waals surface area contributed by atoms with Gasteiger partial charge in [-0.25, -0.2) is 0 Å². The Balaban J connectivity index is 1.83. The first kappa shape index (κ1) is 12.0. The van der Waals surface area contributed by atoms with Crippen molar-refractivity contribution in [2.75, 3.05) is 6.61 Å². The Morgan fingerprint density at radius 3 is 2.26 bits per heavy atom. The van der Waals surface area contributed by atoms with Crippen molar-refractivity contribution in [1.29, 1.82) is 0 Å². The topological polar surface area (TPSA) is 26.3 Å². The molecular weight excluding hydrogens is 236 g/mol. The molecule has 0 spiro atoms. The maximum Gasteiger partial charge on any atom is 0.313 e. The summed E-state index contributed by atoms with van der Waals surface area (Å²) < 4.78 is 5.27. The van der Waals surface area contributed by atoms with E-state index in [-0.39, 0.29) is 17.8 Å². The Morgan fingerprint density at radius 1 is 0.947 bits per heavy atom. The number of ether oxygens (including phenoxy) is 1. The highest BCUT2D eigenvalue weighted by atomic mass is 16.5.